The maximum absolute atomic E-state index is 12.8. The highest BCUT2D eigenvalue weighted by molar-refractivity contribution is 6.42. The van der Waals surface area contributed by atoms with Crippen LogP contribution in [0.2, 0.25) is 10.0 Å². The van der Waals surface area contributed by atoms with Gasteiger partial charge in [0.2, 0.25) is 0 Å². The van der Waals surface area contributed by atoms with E-state index in [-0.39, 0.29) is 22.4 Å². The predicted molar refractivity (Wildman–Crippen MR) is 89.0 cm³/mol. The normalized spacial score (nSPS) is 23.2. The first-order valence-electron chi connectivity index (χ1n) is 7.03. The Morgan fingerprint density at radius 3 is 2.42 bits per heavy atom. The molecule has 2 aliphatic rings. The van der Waals surface area contributed by atoms with Gasteiger partial charge in [-0.05, 0) is 19.1 Å². The fourth-order valence-electron chi connectivity index (χ4n) is 2.98. The monoisotopic (exact) mass is 372 g/mol. The highest BCUT2D eigenvalue weighted by Crippen LogP contribution is 2.45. The summed E-state index contributed by atoms with van der Waals surface area (Å²) < 4.78 is 0. The number of amides is 3. The van der Waals surface area contributed by atoms with Crippen molar-refractivity contribution in [1.82, 2.24) is 9.80 Å². The third kappa shape index (κ3) is 1.97. The van der Waals surface area contributed by atoms with Crippen LogP contribution in [0.25, 0.3) is 0 Å². The van der Waals surface area contributed by atoms with Gasteiger partial charge in [0.25, 0.3) is 5.91 Å². The van der Waals surface area contributed by atoms with Gasteiger partial charge in [0.1, 0.15) is 0 Å². The van der Waals surface area contributed by atoms with E-state index in [4.69, 9.17) is 23.2 Å². The van der Waals surface area contributed by atoms with Gasteiger partial charge < -0.3 is 4.90 Å². The van der Waals surface area contributed by atoms with Crippen molar-refractivity contribution < 1.29 is 19.7 Å². The molecule has 1 N–H and O–H groups in total. The molecule has 3 amide bonds. The average Bonchev–Trinajstić information content (AvgIpc) is 2.57. The zero-order valence-corrected chi connectivity index (χ0v) is 14.6. The lowest BCUT2D eigenvalue weighted by Gasteiger charge is -2.49. The van der Waals surface area contributed by atoms with Crippen molar-refractivity contribution in [3.63, 3.8) is 0 Å². The molecule has 24 heavy (non-hydrogen) atoms. The van der Waals surface area contributed by atoms with Gasteiger partial charge in [-0.1, -0.05) is 23.2 Å². The molecule has 0 aliphatic carbocycles. The number of urea groups is 1. The molecule has 8 nitrogen and oxygen atoms in total. The van der Waals surface area contributed by atoms with Crippen LogP contribution in [0.3, 0.4) is 0 Å². The summed E-state index contributed by atoms with van der Waals surface area (Å²) in [5.41, 5.74) is -1.11. The van der Waals surface area contributed by atoms with Crippen LogP contribution in [-0.4, -0.2) is 59.2 Å². The fraction of sp³-hybridized carbons (Fsp3) is 0.357. The summed E-state index contributed by atoms with van der Waals surface area (Å²) in [7, 11) is 2.74. The fourth-order valence-corrected chi connectivity index (χ4v) is 3.29. The zero-order chi connectivity index (χ0) is 17.8. The summed E-state index contributed by atoms with van der Waals surface area (Å²) in [6.45, 7) is 2.03. The van der Waals surface area contributed by atoms with Gasteiger partial charge >= 0.3 is 11.8 Å². The second kappa shape index (κ2) is 5.59. The minimum atomic E-state index is -1.98. The number of aliphatic imine (C=N–C) groups is 1. The summed E-state index contributed by atoms with van der Waals surface area (Å²) in [4.78, 5) is 37.5. The number of amidine groups is 1. The maximum Gasteiger partial charge on any atom is 0.331 e. The SMILES string of the molecule is CCN1c2cc(Cl)c(Cl)cc2N=C2N(C)C(=O)N(C)C(=O)C21OO. The number of nitrogens with zero attached hydrogens (tertiary/aromatic N) is 4. The lowest BCUT2D eigenvalue weighted by molar-refractivity contribution is -0.295. The Morgan fingerprint density at radius 1 is 1.21 bits per heavy atom. The van der Waals surface area contributed by atoms with Gasteiger partial charge in [-0.25, -0.2) is 15.0 Å². The number of carbonyl (C=O) groups is 2. The van der Waals surface area contributed by atoms with E-state index in [0.29, 0.717) is 11.4 Å². The Kier molecular flexibility index (Phi) is 3.95. The maximum atomic E-state index is 12.8. The number of hydrogen-bond acceptors (Lipinski definition) is 6. The number of hydrogen-bond donors (Lipinski definition) is 1. The van der Waals surface area contributed by atoms with Crippen LogP contribution < -0.4 is 4.90 Å². The molecule has 3 rings (SSSR count). The molecule has 1 aromatic carbocycles. The first kappa shape index (κ1) is 17.0. The van der Waals surface area contributed by atoms with Crippen LogP contribution in [0.4, 0.5) is 16.2 Å². The van der Waals surface area contributed by atoms with E-state index in [1.54, 1.807) is 6.92 Å². The number of rotatable bonds is 2. The molecule has 128 valence electrons. The van der Waals surface area contributed by atoms with Crippen molar-refractivity contribution >= 4 is 52.4 Å². The largest absolute Gasteiger partial charge is 0.331 e. The van der Waals surface area contributed by atoms with Gasteiger partial charge in [-0.3, -0.25) is 14.6 Å². The number of halogens is 2. The summed E-state index contributed by atoms with van der Waals surface area (Å²) in [5.74, 6) is -0.809. The van der Waals surface area contributed by atoms with E-state index in [9.17, 15) is 14.8 Å². The number of fused-ring (bicyclic) bond motifs is 2. The number of benzene rings is 1. The third-order valence-electron chi connectivity index (χ3n) is 4.15. The molecule has 1 atom stereocenters. The molecule has 2 heterocycles. The van der Waals surface area contributed by atoms with Gasteiger partial charge in [0.05, 0.1) is 21.4 Å². The molecule has 1 unspecified atom stereocenters. The van der Waals surface area contributed by atoms with E-state index < -0.39 is 17.7 Å². The van der Waals surface area contributed by atoms with Crippen LogP contribution in [0.15, 0.2) is 17.1 Å². The van der Waals surface area contributed by atoms with Crippen molar-refractivity contribution in [2.24, 2.45) is 4.99 Å². The van der Waals surface area contributed by atoms with Gasteiger partial charge in [-0.15, -0.1) is 0 Å². The molecule has 1 saturated heterocycles. The summed E-state index contributed by atoms with van der Waals surface area (Å²) in [6, 6.07) is 2.47. The molecular weight excluding hydrogens is 359 g/mol. The first-order valence-corrected chi connectivity index (χ1v) is 7.79. The third-order valence-corrected chi connectivity index (χ3v) is 4.87. The molecule has 0 saturated carbocycles. The Hall–Kier alpha value is -1.87. The topological polar surface area (TPSA) is 85.7 Å². The number of anilines is 1. The predicted octanol–water partition coefficient (Wildman–Crippen LogP) is 2.57. The van der Waals surface area contributed by atoms with E-state index in [0.717, 1.165) is 9.80 Å². The molecule has 1 fully saturated rings. The Labute approximate surface area is 147 Å². The summed E-state index contributed by atoms with van der Waals surface area (Å²) in [5, 5.41) is 10.2. The minimum Gasteiger partial charge on any atom is -0.325 e. The first-order chi connectivity index (χ1) is 11.3. The number of likely N-dealkylation sites (N-methyl/N-ethyl adjacent to an activating group) is 3. The Morgan fingerprint density at radius 2 is 1.83 bits per heavy atom. The Bertz CT molecular complexity index is 784. The highest BCUT2D eigenvalue weighted by atomic mass is 35.5. The second-order valence-electron chi connectivity index (χ2n) is 5.38. The van der Waals surface area contributed by atoms with Crippen LogP contribution in [-0.2, 0) is 9.68 Å². The van der Waals surface area contributed by atoms with Crippen molar-refractivity contribution in [3.8, 4) is 0 Å². The summed E-state index contributed by atoms with van der Waals surface area (Å²) >= 11 is 12.1. The average molecular weight is 373 g/mol. The van der Waals surface area contributed by atoms with Gasteiger partial charge in [0, 0.05) is 20.6 Å². The van der Waals surface area contributed by atoms with Crippen molar-refractivity contribution in [3.05, 3.63) is 22.2 Å². The zero-order valence-electron chi connectivity index (χ0n) is 13.1. The number of carbonyl (C=O) groups excluding carboxylic acids is 2. The highest BCUT2D eigenvalue weighted by Gasteiger charge is 2.61. The molecule has 2 aliphatic heterocycles. The van der Waals surface area contributed by atoms with Crippen LogP contribution in [0.5, 0.6) is 0 Å². The van der Waals surface area contributed by atoms with Crippen molar-refractivity contribution in [2.45, 2.75) is 12.6 Å². The number of imide groups is 1. The Balaban J connectivity index is 2.35. The minimum absolute atomic E-state index is 0.0501. The van der Waals surface area contributed by atoms with Gasteiger partial charge in [-0.2, -0.15) is 4.89 Å². The van der Waals surface area contributed by atoms with E-state index in [2.05, 4.69) is 9.88 Å². The smallest absolute Gasteiger partial charge is 0.325 e. The molecule has 10 heteroatoms. The quantitative estimate of drug-likeness (QED) is 0.636. The lowest BCUT2D eigenvalue weighted by atomic mass is 10.0. The van der Waals surface area contributed by atoms with Gasteiger partial charge in [0.15, 0.2) is 5.84 Å². The molecular formula is C14H14Cl2N4O4. The molecule has 0 spiro atoms. The molecule has 0 radical (unpaired) electrons. The lowest BCUT2D eigenvalue weighted by Crippen LogP contribution is -2.75. The summed E-state index contributed by atoms with van der Waals surface area (Å²) in [6.07, 6.45) is 0. The van der Waals surface area contributed by atoms with Crippen molar-refractivity contribution in [2.75, 3.05) is 25.5 Å². The molecule has 0 aromatic heterocycles. The van der Waals surface area contributed by atoms with E-state index >= 15 is 0 Å². The molecule has 0 bridgehead atoms. The standard InChI is InChI=1S/C14H14Cl2N4O4/c1-4-20-10-6-8(16)7(15)5-9(10)17-11-14(20,24-23)12(21)19(3)13(22)18(11)2/h5-6,23H,4H2,1-3H3. The van der Waals surface area contributed by atoms with Crippen molar-refractivity contribution in [1.29, 1.82) is 0 Å². The van der Waals surface area contributed by atoms with Crippen LogP contribution in [0, 0.1) is 0 Å². The van der Waals surface area contributed by atoms with Crippen LogP contribution in [0.1, 0.15) is 6.92 Å². The van der Waals surface area contributed by atoms with E-state index in [1.165, 1.54) is 31.1 Å². The molecule has 1 aromatic rings. The second-order valence-corrected chi connectivity index (χ2v) is 6.19. The van der Waals surface area contributed by atoms with E-state index in [1.807, 2.05) is 0 Å². The van der Waals surface area contributed by atoms with Crippen LogP contribution >= 0.6 is 23.2 Å².